The predicted molar refractivity (Wildman–Crippen MR) is 65.2 cm³/mol. The molecule has 0 spiro atoms. The standard InChI is InChI=1S/C12H11NOS/c1-9-4-6-10(7-5-9)13-12(15)11-3-2-8-14-11/h2-8H,1H3,(H,13,15). The van der Waals surface area contributed by atoms with Gasteiger partial charge < -0.3 is 9.73 Å². The third kappa shape index (κ3) is 2.44. The minimum absolute atomic E-state index is 0.601. The molecule has 2 nitrogen and oxygen atoms in total. The van der Waals surface area contributed by atoms with Crippen LogP contribution in [-0.2, 0) is 0 Å². The van der Waals surface area contributed by atoms with Crippen molar-refractivity contribution in [3.63, 3.8) is 0 Å². The molecule has 1 heterocycles. The molecule has 0 saturated carbocycles. The molecule has 15 heavy (non-hydrogen) atoms. The lowest BCUT2D eigenvalue weighted by atomic mass is 10.2. The van der Waals surface area contributed by atoms with E-state index in [4.69, 9.17) is 16.6 Å². The van der Waals surface area contributed by atoms with E-state index in [1.165, 1.54) is 5.56 Å². The van der Waals surface area contributed by atoms with Crippen molar-refractivity contribution in [2.75, 3.05) is 5.32 Å². The van der Waals surface area contributed by atoms with Gasteiger partial charge in [0, 0.05) is 5.69 Å². The van der Waals surface area contributed by atoms with Crippen molar-refractivity contribution >= 4 is 22.9 Å². The Morgan fingerprint density at radius 3 is 2.53 bits per heavy atom. The van der Waals surface area contributed by atoms with Crippen LogP contribution < -0.4 is 5.32 Å². The van der Waals surface area contributed by atoms with E-state index in [1.807, 2.05) is 36.4 Å². The second-order valence-electron chi connectivity index (χ2n) is 3.30. The molecule has 0 fully saturated rings. The van der Waals surface area contributed by atoms with E-state index in [1.54, 1.807) is 6.26 Å². The van der Waals surface area contributed by atoms with Gasteiger partial charge in [-0.3, -0.25) is 0 Å². The second-order valence-corrected chi connectivity index (χ2v) is 3.71. The number of benzene rings is 1. The van der Waals surface area contributed by atoms with Gasteiger partial charge in [0.15, 0.2) is 5.76 Å². The number of hydrogen-bond donors (Lipinski definition) is 1. The Bertz CT molecular complexity index is 445. The van der Waals surface area contributed by atoms with Gasteiger partial charge in [-0.15, -0.1) is 0 Å². The molecule has 0 unspecified atom stereocenters. The SMILES string of the molecule is Cc1ccc(NC(=S)c2ccco2)cc1. The van der Waals surface area contributed by atoms with Crippen LogP contribution in [-0.4, -0.2) is 4.99 Å². The number of anilines is 1. The molecule has 0 atom stereocenters. The van der Waals surface area contributed by atoms with Gasteiger partial charge in [-0.25, -0.2) is 0 Å². The van der Waals surface area contributed by atoms with Gasteiger partial charge in [-0.2, -0.15) is 0 Å². The average Bonchev–Trinajstić information content (AvgIpc) is 2.74. The summed E-state index contributed by atoms with van der Waals surface area (Å²) in [6, 6.07) is 11.7. The molecular formula is C12H11NOS. The normalized spacial score (nSPS) is 9.93. The summed E-state index contributed by atoms with van der Waals surface area (Å²) in [6.45, 7) is 2.05. The summed E-state index contributed by atoms with van der Waals surface area (Å²) < 4.78 is 5.19. The highest BCUT2D eigenvalue weighted by molar-refractivity contribution is 7.81. The summed E-state index contributed by atoms with van der Waals surface area (Å²) in [7, 11) is 0. The van der Waals surface area contributed by atoms with Gasteiger partial charge in [0.05, 0.1) is 6.26 Å². The maximum absolute atomic E-state index is 5.19. The highest BCUT2D eigenvalue weighted by Gasteiger charge is 2.03. The van der Waals surface area contributed by atoms with Crippen molar-refractivity contribution in [2.45, 2.75) is 6.92 Å². The van der Waals surface area contributed by atoms with Crippen molar-refractivity contribution < 1.29 is 4.42 Å². The van der Waals surface area contributed by atoms with Crippen LogP contribution >= 0.6 is 12.2 Å². The zero-order valence-electron chi connectivity index (χ0n) is 8.36. The third-order valence-corrected chi connectivity index (χ3v) is 2.36. The van der Waals surface area contributed by atoms with Crippen LogP contribution in [0.2, 0.25) is 0 Å². The van der Waals surface area contributed by atoms with E-state index in [0.29, 0.717) is 10.7 Å². The minimum atomic E-state index is 0.601. The highest BCUT2D eigenvalue weighted by Crippen LogP contribution is 2.11. The highest BCUT2D eigenvalue weighted by atomic mass is 32.1. The van der Waals surface area contributed by atoms with Gasteiger partial charge in [-0.05, 0) is 31.2 Å². The first-order chi connectivity index (χ1) is 7.25. The monoisotopic (exact) mass is 217 g/mol. The van der Waals surface area contributed by atoms with E-state index in [-0.39, 0.29) is 0 Å². The first-order valence-corrected chi connectivity index (χ1v) is 5.08. The molecular weight excluding hydrogens is 206 g/mol. The van der Waals surface area contributed by atoms with E-state index in [9.17, 15) is 0 Å². The Hall–Kier alpha value is -1.61. The van der Waals surface area contributed by atoms with Gasteiger partial charge in [-0.1, -0.05) is 29.9 Å². The van der Waals surface area contributed by atoms with E-state index in [2.05, 4.69) is 12.2 Å². The quantitative estimate of drug-likeness (QED) is 0.781. The topological polar surface area (TPSA) is 25.2 Å². The molecule has 1 N–H and O–H groups in total. The van der Waals surface area contributed by atoms with Crippen molar-refractivity contribution in [3.05, 3.63) is 54.0 Å². The summed E-state index contributed by atoms with van der Waals surface area (Å²) in [4.78, 5) is 0.601. The number of rotatable bonds is 2. The van der Waals surface area contributed by atoms with E-state index >= 15 is 0 Å². The molecule has 2 aromatic rings. The summed E-state index contributed by atoms with van der Waals surface area (Å²) in [5, 5.41) is 3.11. The Kier molecular flexibility index (Phi) is 2.83. The fourth-order valence-corrected chi connectivity index (χ4v) is 1.47. The summed E-state index contributed by atoms with van der Waals surface area (Å²) >= 11 is 5.18. The van der Waals surface area contributed by atoms with Crippen LogP contribution in [0, 0.1) is 6.92 Å². The van der Waals surface area contributed by atoms with Gasteiger partial charge >= 0.3 is 0 Å². The molecule has 76 valence electrons. The maximum Gasteiger partial charge on any atom is 0.161 e. The van der Waals surface area contributed by atoms with Crippen LogP contribution in [0.15, 0.2) is 47.1 Å². The maximum atomic E-state index is 5.19. The summed E-state index contributed by atoms with van der Waals surface area (Å²) in [5.74, 6) is 0.686. The number of nitrogens with one attached hydrogen (secondary N) is 1. The first kappa shape index (κ1) is 9.93. The van der Waals surface area contributed by atoms with E-state index in [0.717, 1.165) is 5.69 Å². The zero-order chi connectivity index (χ0) is 10.7. The van der Waals surface area contributed by atoms with Gasteiger partial charge in [0.25, 0.3) is 0 Å². The smallest absolute Gasteiger partial charge is 0.161 e. The molecule has 0 radical (unpaired) electrons. The summed E-state index contributed by atoms with van der Waals surface area (Å²) in [6.07, 6.45) is 1.61. The lowest BCUT2D eigenvalue weighted by Crippen LogP contribution is -2.09. The number of thiocarbonyl (C=S) groups is 1. The Morgan fingerprint density at radius 2 is 1.93 bits per heavy atom. The van der Waals surface area contributed by atoms with Crippen LogP contribution in [0.1, 0.15) is 11.3 Å². The molecule has 3 heteroatoms. The third-order valence-electron chi connectivity index (χ3n) is 2.05. The fraction of sp³-hybridized carbons (Fsp3) is 0.0833. The Morgan fingerprint density at radius 1 is 1.20 bits per heavy atom. The number of aryl methyl sites for hydroxylation is 1. The Balaban J connectivity index is 2.09. The molecule has 0 saturated heterocycles. The first-order valence-electron chi connectivity index (χ1n) is 4.67. The molecule has 0 amide bonds. The minimum Gasteiger partial charge on any atom is -0.462 e. The predicted octanol–water partition coefficient (Wildman–Crippen LogP) is 3.38. The van der Waals surface area contributed by atoms with Crippen molar-refractivity contribution in [1.29, 1.82) is 0 Å². The molecule has 1 aromatic carbocycles. The molecule has 0 aliphatic heterocycles. The zero-order valence-corrected chi connectivity index (χ0v) is 9.17. The van der Waals surface area contributed by atoms with Crippen LogP contribution in [0.3, 0.4) is 0 Å². The van der Waals surface area contributed by atoms with Gasteiger partial charge in [0.2, 0.25) is 0 Å². The van der Waals surface area contributed by atoms with E-state index < -0.39 is 0 Å². The van der Waals surface area contributed by atoms with Crippen LogP contribution in [0.5, 0.6) is 0 Å². The summed E-state index contributed by atoms with van der Waals surface area (Å²) in [5.41, 5.74) is 2.20. The number of furan rings is 1. The molecule has 0 bridgehead atoms. The molecule has 0 aliphatic carbocycles. The lowest BCUT2D eigenvalue weighted by Gasteiger charge is -2.05. The van der Waals surface area contributed by atoms with Crippen LogP contribution in [0.4, 0.5) is 5.69 Å². The van der Waals surface area contributed by atoms with Crippen LogP contribution in [0.25, 0.3) is 0 Å². The second kappa shape index (κ2) is 4.28. The largest absolute Gasteiger partial charge is 0.462 e. The molecule has 2 rings (SSSR count). The van der Waals surface area contributed by atoms with Crippen molar-refractivity contribution in [2.24, 2.45) is 0 Å². The Labute approximate surface area is 93.9 Å². The molecule has 0 aliphatic rings. The molecule has 1 aromatic heterocycles. The lowest BCUT2D eigenvalue weighted by molar-refractivity contribution is 0.559. The van der Waals surface area contributed by atoms with Gasteiger partial charge in [0.1, 0.15) is 4.99 Å². The average molecular weight is 217 g/mol. The fourth-order valence-electron chi connectivity index (χ4n) is 1.24. The van der Waals surface area contributed by atoms with Crippen molar-refractivity contribution in [1.82, 2.24) is 0 Å². The van der Waals surface area contributed by atoms with Crippen molar-refractivity contribution in [3.8, 4) is 0 Å². The number of hydrogen-bond acceptors (Lipinski definition) is 2.